The number of halogens is 3. The molecule has 3 aromatic rings. The van der Waals surface area contributed by atoms with Crippen LogP contribution in [0.4, 0.5) is 13.2 Å². The molecule has 1 amide bonds. The minimum Gasteiger partial charge on any atom is -0.457 e. The number of benzene rings is 2. The van der Waals surface area contributed by atoms with Crippen molar-refractivity contribution in [1.29, 1.82) is 0 Å². The number of nitrogens with one attached hydrogen (secondary N) is 2. The molecule has 1 aliphatic rings. The van der Waals surface area contributed by atoms with Crippen LogP contribution in [0.2, 0.25) is 0 Å². The van der Waals surface area contributed by atoms with Gasteiger partial charge in [0, 0.05) is 5.38 Å². The molecule has 1 aliphatic heterocycles. The van der Waals surface area contributed by atoms with Gasteiger partial charge in [-0.2, -0.15) is 24.5 Å². The van der Waals surface area contributed by atoms with Crippen molar-refractivity contribution < 1.29 is 31.1 Å². The van der Waals surface area contributed by atoms with E-state index in [0.717, 1.165) is 18.6 Å². The van der Waals surface area contributed by atoms with Crippen molar-refractivity contribution in [2.24, 2.45) is 0 Å². The van der Waals surface area contributed by atoms with Gasteiger partial charge in [-0.15, -0.1) is 0 Å². The van der Waals surface area contributed by atoms with Crippen LogP contribution in [-0.2, 0) is 20.8 Å². The van der Waals surface area contributed by atoms with Gasteiger partial charge >= 0.3 is 6.18 Å². The number of carbonyl (C=O) groups is 1. The van der Waals surface area contributed by atoms with E-state index in [1.54, 1.807) is 23.6 Å². The Bertz CT molecular complexity index is 1240. The second kappa shape index (κ2) is 9.77. The van der Waals surface area contributed by atoms with E-state index in [-0.39, 0.29) is 22.0 Å². The normalized spacial score (nSPS) is 17.3. The van der Waals surface area contributed by atoms with E-state index < -0.39 is 38.9 Å². The van der Waals surface area contributed by atoms with Gasteiger partial charge in [-0.25, -0.2) is 8.42 Å². The second-order valence-electron chi connectivity index (χ2n) is 7.74. The van der Waals surface area contributed by atoms with Gasteiger partial charge < -0.3 is 15.4 Å². The van der Waals surface area contributed by atoms with Crippen LogP contribution in [0.1, 0.15) is 29.3 Å². The van der Waals surface area contributed by atoms with Gasteiger partial charge in [-0.1, -0.05) is 12.1 Å². The predicted molar refractivity (Wildman–Crippen MR) is 121 cm³/mol. The summed E-state index contributed by atoms with van der Waals surface area (Å²) in [6.07, 6.45) is -3.04. The topological polar surface area (TPSA) is 84.5 Å². The van der Waals surface area contributed by atoms with Crippen LogP contribution in [-0.4, -0.2) is 26.9 Å². The fourth-order valence-electron chi connectivity index (χ4n) is 3.62. The first-order valence-corrected chi connectivity index (χ1v) is 12.9. The molecular weight excluding hydrogens is 489 g/mol. The summed E-state index contributed by atoms with van der Waals surface area (Å²) in [5, 5.41) is 7.46. The standard InChI is InChI=1S/C23H21F3N2O4S2/c24-23(25,26)16-6-8-17(9-7-16)32-18-4-1-3-15(13-18)22(28-21(29)20-5-2-11-27-20)34(30,31)19-10-12-33-14-19/h1,3-4,6-10,12-14,20,22,27H,2,5,11H2,(H,28,29)/t20?,22-/m0/s1. The fourth-order valence-corrected chi connectivity index (χ4v) is 6.23. The maximum Gasteiger partial charge on any atom is 0.416 e. The average molecular weight is 511 g/mol. The molecule has 1 saturated heterocycles. The molecule has 2 N–H and O–H groups in total. The van der Waals surface area contributed by atoms with E-state index in [4.69, 9.17) is 4.74 Å². The number of carbonyl (C=O) groups excluding carboxylic acids is 1. The fraction of sp³-hybridized carbons (Fsp3) is 0.261. The summed E-state index contributed by atoms with van der Waals surface area (Å²) in [7, 11) is -3.98. The Morgan fingerprint density at radius 2 is 1.88 bits per heavy atom. The molecule has 0 spiro atoms. The molecule has 34 heavy (non-hydrogen) atoms. The highest BCUT2D eigenvalue weighted by molar-refractivity contribution is 7.91. The van der Waals surface area contributed by atoms with Gasteiger partial charge in [-0.05, 0) is 72.8 Å². The summed E-state index contributed by atoms with van der Waals surface area (Å²) in [4.78, 5) is 12.9. The van der Waals surface area contributed by atoms with E-state index >= 15 is 0 Å². The lowest BCUT2D eigenvalue weighted by atomic mass is 10.1. The van der Waals surface area contributed by atoms with Crippen LogP contribution >= 0.6 is 11.3 Å². The molecule has 2 aromatic carbocycles. The van der Waals surface area contributed by atoms with E-state index in [0.29, 0.717) is 13.0 Å². The molecule has 0 saturated carbocycles. The molecule has 180 valence electrons. The van der Waals surface area contributed by atoms with Crippen LogP contribution in [0.5, 0.6) is 11.5 Å². The van der Waals surface area contributed by atoms with Gasteiger partial charge in [0.15, 0.2) is 5.37 Å². The maximum absolute atomic E-state index is 13.4. The van der Waals surface area contributed by atoms with Crippen molar-refractivity contribution >= 4 is 27.1 Å². The van der Waals surface area contributed by atoms with E-state index in [9.17, 15) is 26.4 Å². The molecule has 2 heterocycles. The Hall–Kier alpha value is -2.89. The molecular formula is C23H21F3N2O4S2. The zero-order valence-electron chi connectivity index (χ0n) is 17.7. The van der Waals surface area contributed by atoms with Gasteiger partial charge in [0.05, 0.1) is 16.5 Å². The molecule has 1 fully saturated rings. The summed E-state index contributed by atoms with van der Waals surface area (Å²) < 4.78 is 70.8. The quantitative estimate of drug-likeness (QED) is 0.472. The highest BCUT2D eigenvalue weighted by Gasteiger charge is 2.34. The van der Waals surface area contributed by atoms with Crippen molar-refractivity contribution in [3.8, 4) is 11.5 Å². The predicted octanol–water partition coefficient (Wildman–Crippen LogP) is 4.90. The lowest BCUT2D eigenvalue weighted by Crippen LogP contribution is -2.44. The third-order valence-electron chi connectivity index (χ3n) is 5.36. The largest absolute Gasteiger partial charge is 0.457 e. The molecule has 4 rings (SSSR count). The third kappa shape index (κ3) is 5.43. The molecule has 0 bridgehead atoms. The lowest BCUT2D eigenvalue weighted by molar-refractivity contribution is -0.137. The molecule has 0 aliphatic carbocycles. The number of hydrogen-bond acceptors (Lipinski definition) is 6. The second-order valence-corrected chi connectivity index (χ2v) is 10.6. The van der Waals surface area contributed by atoms with E-state index in [1.807, 2.05) is 0 Å². The van der Waals surface area contributed by atoms with Crippen LogP contribution in [0.15, 0.2) is 70.3 Å². The van der Waals surface area contributed by atoms with Gasteiger partial charge in [0.25, 0.3) is 0 Å². The lowest BCUT2D eigenvalue weighted by Gasteiger charge is -2.22. The summed E-state index contributed by atoms with van der Waals surface area (Å²) in [5.41, 5.74) is -0.541. The average Bonchev–Trinajstić information content (AvgIpc) is 3.52. The Labute approximate surface area is 198 Å². The summed E-state index contributed by atoms with van der Waals surface area (Å²) in [5.74, 6) is -0.0482. The highest BCUT2D eigenvalue weighted by atomic mass is 32.2. The van der Waals surface area contributed by atoms with Crippen LogP contribution in [0, 0.1) is 0 Å². The van der Waals surface area contributed by atoms with Crippen molar-refractivity contribution in [2.45, 2.75) is 35.3 Å². The summed E-state index contributed by atoms with van der Waals surface area (Å²) >= 11 is 1.22. The van der Waals surface area contributed by atoms with Crippen LogP contribution in [0.25, 0.3) is 0 Å². The molecule has 11 heteroatoms. The van der Waals surface area contributed by atoms with Gasteiger partial charge in [-0.3, -0.25) is 4.79 Å². The molecule has 1 unspecified atom stereocenters. The Balaban J connectivity index is 1.62. The summed E-state index contributed by atoms with van der Waals surface area (Å²) in [6.45, 7) is 0.677. The van der Waals surface area contributed by atoms with Crippen LogP contribution in [0.3, 0.4) is 0 Å². The first-order chi connectivity index (χ1) is 16.1. The first-order valence-electron chi connectivity index (χ1n) is 10.4. The van der Waals surface area contributed by atoms with Crippen molar-refractivity contribution in [3.05, 3.63) is 76.5 Å². The van der Waals surface area contributed by atoms with E-state index in [1.165, 1.54) is 41.0 Å². The van der Waals surface area contributed by atoms with E-state index in [2.05, 4.69) is 10.6 Å². The smallest absolute Gasteiger partial charge is 0.416 e. The number of sulfone groups is 1. The van der Waals surface area contributed by atoms with Gasteiger partial charge in [0.1, 0.15) is 11.5 Å². The zero-order chi connectivity index (χ0) is 24.3. The van der Waals surface area contributed by atoms with Gasteiger partial charge in [0.2, 0.25) is 15.7 Å². The Morgan fingerprint density at radius 1 is 1.12 bits per heavy atom. The third-order valence-corrected chi connectivity index (χ3v) is 8.12. The number of rotatable bonds is 7. The van der Waals surface area contributed by atoms with Crippen molar-refractivity contribution in [3.63, 3.8) is 0 Å². The molecule has 1 aromatic heterocycles. The Kier molecular flexibility index (Phi) is 6.96. The Morgan fingerprint density at radius 3 is 2.50 bits per heavy atom. The molecule has 2 atom stereocenters. The minimum absolute atomic E-state index is 0.0799. The molecule has 6 nitrogen and oxygen atoms in total. The number of thiophene rings is 1. The summed E-state index contributed by atoms with van der Waals surface area (Å²) in [6, 6.07) is 11.3. The monoisotopic (exact) mass is 510 g/mol. The maximum atomic E-state index is 13.4. The molecule has 0 radical (unpaired) electrons. The van der Waals surface area contributed by atoms with Crippen LogP contribution < -0.4 is 15.4 Å². The zero-order valence-corrected chi connectivity index (χ0v) is 19.3. The first kappa shape index (κ1) is 24.2. The number of ether oxygens (including phenoxy) is 1. The highest BCUT2D eigenvalue weighted by Crippen LogP contribution is 2.33. The number of alkyl halides is 3. The number of hydrogen-bond donors (Lipinski definition) is 2. The van der Waals surface area contributed by atoms with Crippen molar-refractivity contribution in [2.75, 3.05) is 6.54 Å². The SMILES string of the molecule is O=C(N[C@H](c1cccc(Oc2ccc(C(F)(F)F)cc2)c1)S(=O)(=O)c1ccsc1)C1CCCN1. The van der Waals surface area contributed by atoms with Crippen molar-refractivity contribution in [1.82, 2.24) is 10.6 Å². The minimum atomic E-state index is -4.46. The number of amides is 1.